The van der Waals surface area contributed by atoms with Gasteiger partial charge in [-0.15, -0.1) is 11.3 Å². The molecule has 0 aliphatic heterocycles. The van der Waals surface area contributed by atoms with E-state index in [1.165, 1.54) is 10.9 Å². The summed E-state index contributed by atoms with van der Waals surface area (Å²) in [7, 11) is 0. The summed E-state index contributed by atoms with van der Waals surface area (Å²) in [5, 5.41) is 8.79. The molecule has 22 heavy (non-hydrogen) atoms. The fourth-order valence-electron chi connectivity index (χ4n) is 2.02. The van der Waals surface area contributed by atoms with Crippen molar-refractivity contribution in [3.05, 3.63) is 58.3 Å². The van der Waals surface area contributed by atoms with Crippen LogP contribution in [0.5, 0.6) is 5.75 Å². The van der Waals surface area contributed by atoms with Crippen molar-refractivity contribution in [2.75, 3.05) is 0 Å². The molecule has 0 spiro atoms. The minimum Gasteiger partial charge on any atom is -0.486 e. The molecule has 0 saturated heterocycles. The monoisotopic (exact) mass is 315 g/mol. The normalized spacial score (nSPS) is 10.6. The Bertz CT molecular complexity index is 789. The van der Waals surface area contributed by atoms with Crippen molar-refractivity contribution in [3.63, 3.8) is 0 Å². The molecule has 3 aromatic rings. The average molecular weight is 315 g/mol. The van der Waals surface area contributed by atoms with Gasteiger partial charge in [0.15, 0.2) is 0 Å². The van der Waals surface area contributed by atoms with E-state index in [0.29, 0.717) is 11.5 Å². The second kappa shape index (κ2) is 6.03. The number of carbonyl (C=O) groups is 1. The molecule has 0 bridgehead atoms. The highest BCUT2D eigenvalue weighted by Crippen LogP contribution is 2.26. The second-order valence-electron chi connectivity index (χ2n) is 4.64. The van der Waals surface area contributed by atoms with E-state index in [0.717, 1.165) is 11.3 Å². The molecule has 1 N–H and O–H groups in total. The van der Waals surface area contributed by atoms with Crippen LogP contribution in [0.2, 0.25) is 0 Å². The van der Waals surface area contributed by atoms with Crippen molar-refractivity contribution < 1.29 is 19.1 Å². The quantitative estimate of drug-likeness (QED) is 0.770. The predicted molar refractivity (Wildman–Crippen MR) is 82.3 cm³/mol. The molecule has 2 aromatic heterocycles. The highest BCUT2D eigenvalue weighted by atomic mass is 32.1. The molecule has 0 radical (unpaired) electrons. The third kappa shape index (κ3) is 3.01. The zero-order chi connectivity index (χ0) is 15.5. The molecule has 5 nitrogen and oxygen atoms in total. The lowest BCUT2D eigenvalue weighted by Crippen LogP contribution is -1.95. The largest absolute Gasteiger partial charge is 0.486 e. The smallest absolute Gasteiger partial charge is 0.371 e. The van der Waals surface area contributed by atoms with Crippen LogP contribution in [0, 0.1) is 6.92 Å². The second-order valence-corrected chi connectivity index (χ2v) is 5.70. The maximum Gasteiger partial charge on any atom is 0.371 e. The Hall–Kier alpha value is -2.60. The molecule has 0 aliphatic carbocycles. The standard InChI is InChI=1S/C16H13NO4S/c1-10-15(17-9-22-10)11-2-4-12(5-3-11)20-8-13-6-7-14(21-13)16(18)19/h2-7,9H,8H2,1H3,(H,18,19). The lowest BCUT2D eigenvalue weighted by Gasteiger charge is -2.05. The van der Waals surface area contributed by atoms with Crippen molar-refractivity contribution in [1.29, 1.82) is 0 Å². The van der Waals surface area contributed by atoms with Gasteiger partial charge in [-0.05, 0) is 43.3 Å². The van der Waals surface area contributed by atoms with Gasteiger partial charge in [-0.2, -0.15) is 0 Å². The van der Waals surface area contributed by atoms with Gasteiger partial charge in [0.25, 0.3) is 0 Å². The molecule has 0 atom stereocenters. The number of benzene rings is 1. The molecule has 6 heteroatoms. The summed E-state index contributed by atoms with van der Waals surface area (Å²) in [5.74, 6) is -0.0241. The van der Waals surface area contributed by atoms with Crippen molar-refractivity contribution in [2.24, 2.45) is 0 Å². The summed E-state index contributed by atoms with van der Waals surface area (Å²) >= 11 is 1.61. The van der Waals surface area contributed by atoms with Gasteiger partial charge in [0.05, 0.1) is 11.2 Å². The van der Waals surface area contributed by atoms with Crippen LogP contribution in [0.15, 0.2) is 46.3 Å². The van der Waals surface area contributed by atoms with Crippen LogP contribution in [0.1, 0.15) is 21.2 Å². The van der Waals surface area contributed by atoms with Gasteiger partial charge in [0, 0.05) is 10.4 Å². The zero-order valence-corrected chi connectivity index (χ0v) is 12.6. The van der Waals surface area contributed by atoms with Crippen LogP contribution >= 0.6 is 11.3 Å². The van der Waals surface area contributed by atoms with E-state index in [4.69, 9.17) is 14.3 Å². The van der Waals surface area contributed by atoms with Crippen molar-refractivity contribution >= 4 is 17.3 Å². The predicted octanol–water partition coefficient (Wildman–Crippen LogP) is 3.99. The molecule has 0 unspecified atom stereocenters. The van der Waals surface area contributed by atoms with Crippen molar-refractivity contribution in [2.45, 2.75) is 13.5 Å². The lowest BCUT2D eigenvalue weighted by atomic mass is 10.1. The summed E-state index contributed by atoms with van der Waals surface area (Å²) in [5.41, 5.74) is 3.84. The number of carboxylic acid groups (broad SMARTS) is 1. The third-order valence-electron chi connectivity index (χ3n) is 3.13. The van der Waals surface area contributed by atoms with Crippen LogP contribution in [-0.4, -0.2) is 16.1 Å². The number of aromatic nitrogens is 1. The molecule has 3 rings (SSSR count). The number of rotatable bonds is 5. The molecule has 1 aromatic carbocycles. The Balaban J connectivity index is 1.66. The Morgan fingerprint density at radius 2 is 2.05 bits per heavy atom. The van der Waals surface area contributed by atoms with Crippen LogP contribution in [0.4, 0.5) is 0 Å². The summed E-state index contributed by atoms with van der Waals surface area (Å²) in [6.07, 6.45) is 0. The number of hydrogen-bond donors (Lipinski definition) is 1. The lowest BCUT2D eigenvalue weighted by molar-refractivity contribution is 0.0658. The molecule has 112 valence electrons. The first kappa shape index (κ1) is 14.3. The highest BCUT2D eigenvalue weighted by Gasteiger charge is 2.09. The van der Waals surface area contributed by atoms with E-state index >= 15 is 0 Å². The highest BCUT2D eigenvalue weighted by molar-refractivity contribution is 7.10. The Morgan fingerprint density at radius 1 is 1.27 bits per heavy atom. The minimum atomic E-state index is -1.09. The van der Waals surface area contributed by atoms with Gasteiger partial charge < -0.3 is 14.3 Å². The number of aromatic carboxylic acids is 1. The molecule has 2 heterocycles. The van der Waals surface area contributed by atoms with Gasteiger partial charge in [-0.3, -0.25) is 0 Å². The van der Waals surface area contributed by atoms with Crippen LogP contribution < -0.4 is 4.74 Å². The third-order valence-corrected chi connectivity index (χ3v) is 3.88. The van der Waals surface area contributed by atoms with Gasteiger partial charge in [-0.1, -0.05) is 0 Å². The van der Waals surface area contributed by atoms with Gasteiger partial charge in [-0.25, -0.2) is 9.78 Å². The maximum atomic E-state index is 10.7. The van der Waals surface area contributed by atoms with Crippen LogP contribution in [0.25, 0.3) is 11.3 Å². The Kier molecular flexibility index (Phi) is 3.93. The fraction of sp³-hybridized carbons (Fsp3) is 0.125. The molecule has 0 fully saturated rings. The molecule has 0 amide bonds. The van der Waals surface area contributed by atoms with Crippen LogP contribution in [-0.2, 0) is 6.61 Å². The summed E-state index contributed by atoms with van der Waals surface area (Å²) in [6.45, 7) is 2.22. The topological polar surface area (TPSA) is 72.6 Å². The molecular weight excluding hydrogens is 302 g/mol. The first-order valence-electron chi connectivity index (χ1n) is 6.59. The number of ether oxygens (including phenoxy) is 1. The molecular formula is C16H13NO4S. The van der Waals surface area contributed by atoms with E-state index in [2.05, 4.69) is 4.98 Å². The van der Waals surface area contributed by atoms with Gasteiger partial charge in [0.1, 0.15) is 18.1 Å². The summed E-state index contributed by atoms with van der Waals surface area (Å²) < 4.78 is 10.7. The molecule has 0 saturated carbocycles. The minimum absolute atomic E-state index is 0.0899. The number of aryl methyl sites for hydroxylation is 1. The SMILES string of the molecule is Cc1scnc1-c1ccc(OCc2ccc(C(=O)O)o2)cc1. The van der Waals surface area contributed by atoms with E-state index in [-0.39, 0.29) is 12.4 Å². The summed E-state index contributed by atoms with van der Waals surface area (Å²) in [4.78, 5) is 16.2. The zero-order valence-electron chi connectivity index (χ0n) is 11.8. The molecule has 0 aliphatic rings. The van der Waals surface area contributed by atoms with E-state index in [1.807, 2.05) is 36.7 Å². The van der Waals surface area contributed by atoms with Crippen molar-refractivity contribution in [1.82, 2.24) is 4.98 Å². The first-order valence-corrected chi connectivity index (χ1v) is 7.47. The average Bonchev–Trinajstić information content (AvgIpc) is 3.15. The summed E-state index contributed by atoms with van der Waals surface area (Å²) in [6, 6.07) is 10.6. The van der Waals surface area contributed by atoms with E-state index in [9.17, 15) is 4.79 Å². The van der Waals surface area contributed by atoms with E-state index in [1.54, 1.807) is 17.4 Å². The maximum absolute atomic E-state index is 10.7. The van der Waals surface area contributed by atoms with Gasteiger partial charge >= 0.3 is 5.97 Å². The Labute approximate surface area is 130 Å². The number of thiazole rings is 1. The fourth-order valence-corrected chi connectivity index (χ4v) is 2.61. The van der Waals surface area contributed by atoms with Crippen LogP contribution in [0.3, 0.4) is 0 Å². The van der Waals surface area contributed by atoms with Crippen molar-refractivity contribution in [3.8, 4) is 17.0 Å². The number of nitrogens with zero attached hydrogens (tertiary/aromatic N) is 1. The number of furan rings is 1. The Morgan fingerprint density at radius 3 is 2.64 bits per heavy atom. The van der Waals surface area contributed by atoms with Gasteiger partial charge in [0.2, 0.25) is 5.76 Å². The number of hydrogen-bond acceptors (Lipinski definition) is 5. The number of carboxylic acids is 1. The van der Waals surface area contributed by atoms with E-state index < -0.39 is 5.97 Å². The first-order chi connectivity index (χ1) is 10.6.